The van der Waals surface area contributed by atoms with Crippen molar-refractivity contribution >= 4 is 28.4 Å². The SMILES string of the molecule is Nc1cc(C2CCC(=O)NC2=O)c2cc[nH]c2c1. The van der Waals surface area contributed by atoms with Crippen LogP contribution in [0.25, 0.3) is 10.9 Å². The molecule has 18 heavy (non-hydrogen) atoms. The molecule has 0 spiro atoms. The molecule has 0 radical (unpaired) electrons. The van der Waals surface area contributed by atoms with E-state index in [9.17, 15) is 9.59 Å². The fourth-order valence-corrected chi connectivity index (χ4v) is 2.50. The Balaban J connectivity index is 2.11. The van der Waals surface area contributed by atoms with Gasteiger partial charge in [-0.2, -0.15) is 0 Å². The summed E-state index contributed by atoms with van der Waals surface area (Å²) in [5.74, 6) is -0.741. The first-order valence-corrected chi connectivity index (χ1v) is 5.85. The van der Waals surface area contributed by atoms with Gasteiger partial charge in [0, 0.05) is 29.2 Å². The second-order valence-corrected chi connectivity index (χ2v) is 4.55. The summed E-state index contributed by atoms with van der Waals surface area (Å²) in [6.45, 7) is 0. The van der Waals surface area contributed by atoms with E-state index in [-0.39, 0.29) is 17.7 Å². The van der Waals surface area contributed by atoms with Crippen LogP contribution in [-0.2, 0) is 9.59 Å². The largest absolute Gasteiger partial charge is 0.399 e. The lowest BCUT2D eigenvalue weighted by Gasteiger charge is -2.22. The van der Waals surface area contributed by atoms with Crippen molar-refractivity contribution in [2.24, 2.45) is 0 Å². The number of nitrogens with two attached hydrogens (primary N) is 1. The number of aromatic amines is 1. The highest BCUT2D eigenvalue weighted by molar-refractivity contribution is 6.03. The van der Waals surface area contributed by atoms with Gasteiger partial charge in [0.2, 0.25) is 11.8 Å². The van der Waals surface area contributed by atoms with Crippen LogP contribution in [0.3, 0.4) is 0 Å². The summed E-state index contributed by atoms with van der Waals surface area (Å²) >= 11 is 0. The zero-order chi connectivity index (χ0) is 12.7. The number of aromatic nitrogens is 1. The van der Waals surface area contributed by atoms with Crippen LogP contribution in [0, 0.1) is 0 Å². The van der Waals surface area contributed by atoms with Crippen molar-refractivity contribution in [2.75, 3.05) is 5.73 Å². The highest BCUT2D eigenvalue weighted by Crippen LogP contribution is 2.32. The van der Waals surface area contributed by atoms with Crippen molar-refractivity contribution < 1.29 is 9.59 Å². The Morgan fingerprint density at radius 3 is 2.89 bits per heavy atom. The van der Waals surface area contributed by atoms with Crippen molar-refractivity contribution in [1.29, 1.82) is 0 Å². The normalized spacial score (nSPS) is 20.1. The van der Waals surface area contributed by atoms with E-state index < -0.39 is 0 Å². The van der Waals surface area contributed by atoms with E-state index >= 15 is 0 Å². The summed E-state index contributed by atoms with van der Waals surface area (Å²) < 4.78 is 0. The first kappa shape index (κ1) is 10.8. The van der Waals surface area contributed by atoms with Gasteiger partial charge in [0.25, 0.3) is 0 Å². The number of H-pyrrole nitrogens is 1. The molecule has 1 aliphatic rings. The monoisotopic (exact) mass is 243 g/mol. The van der Waals surface area contributed by atoms with Gasteiger partial charge in [-0.25, -0.2) is 0 Å². The molecule has 1 unspecified atom stereocenters. The molecule has 1 aliphatic heterocycles. The summed E-state index contributed by atoms with van der Waals surface area (Å²) in [4.78, 5) is 26.2. The zero-order valence-electron chi connectivity index (χ0n) is 9.69. The van der Waals surface area contributed by atoms with Crippen LogP contribution in [0.15, 0.2) is 24.4 Å². The number of anilines is 1. The summed E-state index contributed by atoms with van der Waals surface area (Å²) in [6, 6.07) is 5.58. The third-order valence-electron chi connectivity index (χ3n) is 3.34. The maximum absolute atomic E-state index is 11.9. The molecule has 1 fully saturated rings. The van der Waals surface area contributed by atoms with Crippen LogP contribution in [0.2, 0.25) is 0 Å². The number of nitrogens with one attached hydrogen (secondary N) is 2. The Kier molecular flexibility index (Phi) is 2.33. The van der Waals surface area contributed by atoms with Gasteiger partial charge in [0.15, 0.2) is 0 Å². The molecule has 0 aliphatic carbocycles. The van der Waals surface area contributed by atoms with Gasteiger partial charge in [-0.15, -0.1) is 0 Å². The molecule has 1 aromatic carbocycles. The van der Waals surface area contributed by atoms with E-state index in [2.05, 4.69) is 10.3 Å². The van der Waals surface area contributed by atoms with Crippen molar-refractivity contribution in [1.82, 2.24) is 10.3 Å². The summed E-state index contributed by atoms with van der Waals surface area (Å²) in [7, 11) is 0. The minimum atomic E-state index is -0.301. The minimum absolute atomic E-state index is 0.203. The number of carbonyl (C=O) groups excluding carboxylic acids is 2. The molecule has 0 saturated carbocycles. The number of amides is 2. The molecule has 1 aromatic heterocycles. The maximum Gasteiger partial charge on any atom is 0.234 e. The summed E-state index contributed by atoms with van der Waals surface area (Å²) in [5.41, 5.74) is 8.26. The van der Waals surface area contributed by atoms with Crippen molar-refractivity contribution in [3.63, 3.8) is 0 Å². The molecule has 4 N–H and O–H groups in total. The average Bonchev–Trinajstić information content (AvgIpc) is 2.76. The fourth-order valence-electron chi connectivity index (χ4n) is 2.50. The van der Waals surface area contributed by atoms with E-state index in [0.717, 1.165) is 16.5 Å². The predicted octanol–water partition coefficient (Wildman–Crippen LogP) is 1.27. The standard InChI is InChI=1S/C13H13N3O2/c14-7-5-10(8-3-4-15-11(8)6-7)9-1-2-12(17)16-13(9)18/h3-6,9,15H,1-2,14H2,(H,16,17,18). The van der Waals surface area contributed by atoms with Crippen molar-refractivity contribution in [3.8, 4) is 0 Å². The maximum atomic E-state index is 11.9. The molecule has 0 bridgehead atoms. The Morgan fingerprint density at radius 1 is 1.28 bits per heavy atom. The highest BCUT2D eigenvalue weighted by atomic mass is 16.2. The van der Waals surface area contributed by atoms with Gasteiger partial charge in [-0.1, -0.05) is 0 Å². The number of piperidine rings is 1. The number of benzene rings is 1. The molecule has 92 valence electrons. The number of hydrogen-bond acceptors (Lipinski definition) is 3. The molecule has 2 aromatic rings. The molecule has 1 saturated heterocycles. The smallest absolute Gasteiger partial charge is 0.234 e. The molecule has 2 amide bonds. The number of rotatable bonds is 1. The van der Waals surface area contributed by atoms with Gasteiger partial charge in [0.05, 0.1) is 5.92 Å². The first-order valence-electron chi connectivity index (χ1n) is 5.85. The number of fused-ring (bicyclic) bond motifs is 1. The molecule has 1 atom stereocenters. The van der Waals surface area contributed by atoms with Gasteiger partial charge in [-0.05, 0) is 30.2 Å². The number of hydrogen-bond donors (Lipinski definition) is 3. The Hall–Kier alpha value is -2.30. The van der Waals surface area contributed by atoms with Crippen LogP contribution in [0.1, 0.15) is 24.3 Å². The Morgan fingerprint density at radius 2 is 2.11 bits per heavy atom. The predicted molar refractivity (Wildman–Crippen MR) is 67.8 cm³/mol. The van der Waals surface area contributed by atoms with Crippen molar-refractivity contribution in [2.45, 2.75) is 18.8 Å². The second kappa shape index (κ2) is 3.87. The molecule has 5 heteroatoms. The average molecular weight is 243 g/mol. The Labute approximate surface area is 103 Å². The molecule has 3 rings (SSSR count). The highest BCUT2D eigenvalue weighted by Gasteiger charge is 2.29. The second-order valence-electron chi connectivity index (χ2n) is 4.55. The quantitative estimate of drug-likeness (QED) is 0.520. The van der Waals surface area contributed by atoms with Gasteiger partial charge < -0.3 is 10.7 Å². The lowest BCUT2D eigenvalue weighted by atomic mass is 9.88. The molecule has 2 heterocycles. The zero-order valence-corrected chi connectivity index (χ0v) is 9.69. The number of imide groups is 1. The molecular weight excluding hydrogens is 230 g/mol. The summed E-state index contributed by atoms with van der Waals surface area (Å²) in [5, 5.41) is 3.36. The molecule has 5 nitrogen and oxygen atoms in total. The van der Waals surface area contributed by atoms with E-state index in [1.54, 1.807) is 0 Å². The van der Waals surface area contributed by atoms with Crippen LogP contribution < -0.4 is 11.1 Å². The molecular formula is C13H13N3O2. The van der Waals surface area contributed by atoms with Gasteiger partial charge in [0.1, 0.15) is 0 Å². The van der Waals surface area contributed by atoms with E-state index in [1.165, 1.54) is 0 Å². The first-order chi connectivity index (χ1) is 8.65. The summed E-state index contributed by atoms with van der Waals surface area (Å²) in [6.07, 6.45) is 2.73. The third kappa shape index (κ3) is 1.64. The van der Waals surface area contributed by atoms with E-state index in [0.29, 0.717) is 18.5 Å². The Bertz CT molecular complexity index is 645. The lowest BCUT2D eigenvalue weighted by Crippen LogP contribution is -2.39. The number of carbonyl (C=O) groups is 2. The lowest BCUT2D eigenvalue weighted by molar-refractivity contribution is -0.134. The van der Waals surface area contributed by atoms with Crippen LogP contribution in [0.5, 0.6) is 0 Å². The third-order valence-corrected chi connectivity index (χ3v) is 3.34. The van der Waals surface area contributed by atoms with Gasteiger partial charge >= 0.3 is 0 Å². The topological polar surface area (TPSA) is 88.0 Å². The van der Waals surface area contributed by atoms with Crippen molar-refractivity contribution in [3.05, 3.63) is 30.0 Å². The van der Waals surface area contributed by atoms with E-state index in [1.807, 2.05) is 24.4 Å². The minimum Gasteiger partial charge on any atom is -0.399 e. The number of nitrogen functional groups attached to an aromatic ring is 1. The van der Waals surface area contributed by atoms with Crippen LogP contribution in [0.4, 0.5) is 5.69 Å². The fraction of sp³-hybridized carbons (Fsp3) is 0.231. The van der Waals surface area contributed by atoms with Gasteiger partial charge in [-0.3, -0.25) is 14.9 Å². The van der Waals surface area contributed by atoms with Crippen LogP contribution >= 0.6 is 0 Å². The van der Waals surface area contributed by atoms with Crippen LogP contribution in [-0.4, -0.2) is 16.8 Å². The van der Waals surface area contributed by atoms with E-state index in [4.69, 9.17) is 5.73 Å².